The van der Waals surface area contributed by atoms with E-state index in [9.17, 15) is 0 Å². The first kappa shape index (κ1) is 13.2. The molecule has 0 atom stereocenters. The van der Waals surface area contributed by atoms with Crippen LogP contribution >= 0.6 is 11.6 Å². The van der Waals surface area contributed by atoms with E-state index in [4.69, 9.17) is 21.9 Å². The molecule has 3 aromatic rings. The Morgan fingerprint density at radius 3 is 3.00 bits per heavy atom. The Labute approximate surface area is 124 Å². The predicted molar refractivity (Wildman–Crippen MR) is 78.8 cm³/mol. The summed E-state index contributed by atoms with van der Waals surface area (Å²) in [5, 5.41) is 3.88. The first-order chi connectivity index (χ1) is 10.2. The van der Waals surface area contributed by atoms with E-state index in [1.165, 1.54) is 0 Å². The Kier molecular flexibility index (Phi) is 3.35. The van der Waals surface area contributed by atoms with Crippen LogP contribution in [0, 0.1) is 0 Å². The summed E-state index contributed by atoms with van der Waals surface area (Å²) in [5.41, 5.74) is 11.0. The van der Waals surface area contributed by atoms with Crippen molar-refractivity contribution in [1.29, 1.82) is 0 Å². The van der Waals surface area contributed by atoms with Crippen LogP contribution in [0.4, 0.5) is 5.69 Å². The van der Waals surface area contributed by atoms with E-state index in [0.717, 1.165) is 5.56 Å². The fourth-order valence-electron chi connectivity index (χ4n) is 2.02. The molecule has 0 fully saturated rings. The zero-order valence-electron chi connectivity index (χ0n) is 10.9. The zero-order chi connectivity index (χ0) is 14.8. The van der Waals surface area contributed by atoms with Crippen LogP contribution in [0.15, 0.2) is 41.9 Å². The number of fused-ring (bicyclic) bond motifs is 1. The van der Waals surface area contributed by atoms with E-state index in [1.54, 1.807) is 42.1 Å². The number of methoxy groups -OCH3 is 1. The maximum atomic E-state index is 8.48. The van der Waals surface area contributed by atoms with E-state index in [1.807, 2.05) is 6.20 Å². The highest BCUT2D eigenvalue weighted by atomic mass is 35.5. The maximum Gasteiger partial charge on any atom is 0.175 e. The lowest BCUT2D eigenvalue weighted by molar-refractivity contribution is 0.416. The zero-order valence-corrected chi connectivity index (χ0v) is 11.7. The van der Waals surface area contributed by atoms with E-state index in [0.29, 0.717) is 27.9 Å². The van der Waals surface area contributed by atoms with Gasteiger partial charge in [-0.15, -0.1) is 0 Å². The van der Waals surface area contributed by atoms with Gasteiger partial charge in [0.05, 0.1) is 12.8 Å². The fourth-order valence-corrected chi connectivity index (χ4v) is 2.22. The molecule has 3 rings (SSSR count). The molecule has 0 aliphatic rings. The van der Waals surface area contributed by atoms with Gasteiger partial charge in [0.15, 0.2) is 10.8 Å². The number of imidazole rings is 1. The molecule has 0 unspecified atom stereocenters. The van der Waals surface area contributed by atoms with Crippen LogP contribution in [-0.2, 0) is 0 Å². The normalized spacial score (nSPS) is 10.4. The molecule has 0 amide bonds. The van der Waals surface area contributed by atoms with Gasteiger partial charge in [0, 0.05) is 34.8 Å². The molecule has 0 aliphatic heterocycles. The molecule has 2 aromatic heterocycles. The minimum absolute atomic E-state index is 0.327. The first-order valence-electron chi connectivity index (χ1n) is 5.95. The number of benzene rings is 1. The Morgan fingerprint density at radius 1 is 1.43 bits per heavy atom. The van der Waals surface area contributed by atoms with Gasteiger partial charge < -0.3 is 9.14 Å². The molecule has 2 heterocycles. The lowest BCUT2D eigenvalue weighted by Gasteiger charge is -2.06. The molecule has 7 nitrogen and oxygen atoms in total. The molecule has 0 saturated heterocycles. The molecular weight excluding hydrogens is 292 g/mol. The van der Waals surface area contributed by atoms with Crippen molar-refractivity contribution in [2.45, 2.75) is 0 Å². The van der Waals surface area contributed by atoms with Crippen LogP contribution in [0.2, 0.25) is 5.15 Å². The van der Waals surface area contributed by atoms with E-state index in [-0.39, 0.29) is 0 Å². The van der Waals surface area contributed by atoms with Crippen LogP contribution < -0.4 is 4.74 Å². The van der Waals surface area contributed by atoms with Gasteiger partial charge in [0.2, 0.25) is 0 Å². The Hall–Kier alpha value is -2.76. The standard InChI is InChI=1S/C13H9ClN6O/c1-21-11-6-8(18-19-15)2-3-9(11)10-7-20-5-4-16-12(14)13(20)17-10/h2-7H,1H3. The molecule has 1 aromatic carbocycles. The minimum Gasteiger partial charge on any atom is -0.496 e. The van der Waals surface area contributed by atoms with Crippen molar-refractivity contribution in [2.75, 3.05) is 7.11 Å². The second-order valence-electron chi connectivity index (χ2n) is 4.15. The van der Waals surface area contributed by atoms with E-state index < -0.39 is 0 Å². The molecule has 0 radical (unpaired) electrons. The molecular formula is C13H9ClN6O. The van der Waals surface area contributed by atoms with Crippen molar-refractivity contribution < 1.29 is 4.74 Å². The number of rotatable bonds is 3. The minimum atomic E-state index is 0.327. The van der Waals surface area contributed by atoms with Gasteiger partial charge in [-0.05, 0) is 17.7 Å². The molecule has 0 bridgehead atoms. The number of halogens is 1. The molecule has 0 spiro atoms. The quantitative estimate of drug-likeness (QED) is 0.416. The van der Waals surface area contributed by atoms with Crippen molar-refractivity contribution >= 4 is 22.9 Å². The van der Waals surface area contributed by atoms with Crippen LogP contribution in [0.1, 0.15) is 0 Å². The molecule has 8 heteroatoms. The lowest BCUT2D eigenvalue weighted by Crippen LogP contribution is -1.87. The predicted octanol–water partition coefficient (Wildman–Crippen LogP) is 4.00. The number of azide groups is 1. The number of ether oxygens (including phenoxy) is 1. The molecule has 0 saturated carbocycles. The third kappa shape index (κ3) is 2.35. The molecule has 0 N–H and O–H groups in total. The summed E-state index contributed by atoms with van der Waals surface area (Å²) in [6.07, 6.45) is 5.19. The van der Waals surface area contributed by atoms with Gasteiger partial charge in [-0.3, -0.25) is 0 Å². The van der Waals surface area contributed by atoms with Gasteiger partial charge in [-0.2, -0.15) is 0 Å². The smallest absolute Gasteiger partial charge is 0.175 e. The van der Waals surface area contributed by atoms with Gasteiger partial charge in [-0.1, -0.05) is 22.8 Å². The van der Waals surface area contributed by atoms with Gasteiger partial charge in [0.25, 0.3) is 0 Å². The second-order valence-corrected chi connectivity index (χ2v) is 4.51. The van der Waals surface area contributed by atoms with Crippen molar-refractivity contribution in [2.24, 2.45) is 5.11 Å². The van der Waals surface area contributed by atoms with Gasteiger partial charge in [0.1, 0.15) is 5.75 Å². The topological polar surface area (TPSA) is 88.2 Å². The number of hydrogen-bond acceptors (Lipinski definition) is 4. The largest absolute Gasteiger partial charge is 0.496 e. The highest BCUT2D eigenvalue weighted by Crippen LogP contribution is 2.33. The SMILES string of the molecule is COc1cc(N=[N+]=[N-])ccc1-c1cn2ccnc(Cl)c2n1. The average Bonchev–Trinajstić information content (AvgIpc) is 2.93. The second kappa shape index (κ2) is 5.32. The number of hydrogen-bond donors (Lipinski definition) is 0. The maximum absolute atomic E-state index is 8.48. The summed E-state index contributed by atoms with van der Waals surface area (Å²) in [4.78, 5) is 11.2. The monoisotopic (exact) mass is 300 g/mol. The number of nitrogens with zero attached hydrogens (tertiary/aromatic N) is 6. The highest BCUT2D eigenvalue weighted by Gasteiger charge is 2.12. The third-order valence-corrected chi connectivity index (χ3v) is 3.22. The van der Waals surface area contributed by atoms with Crippen LogP contribution in [0.5, 0.6) is 5.75 Å². The van der Waals surface area contributed by atoms with E-state index in [2.05, 4.69) is 20.0 Å². The summed E-state index contributed by atoms with van der Waals surface area (Å²) in [6, 6.07) is 5.13. The lowest BCUT2D eigenvalue weighted by atomic mass is 10.1. The first-order valence-corrected chi connectivity index (χ1v) is 6.33. The third-order valence-electron chi connectivity index (χ3n) is 2.95. The highest BCUT2D eigenvalue weighted by molar-refractivity contribution is 6.32. The average molecular weight is 301 g/mol. The molecule has 21 heavy (non-hydrogen) atoms. The summed E-state index contributed by atoms with van der Waals surface area (Å²) in [6.45, 7) is 0. The molecule has 104 valence electrons. The van der Waals surface area contributed by atoms with Crippen molar-refractivity contribution in [3.8, 4) is 17.0 Å². The Morgan fingerprint density at radius 2 is 2.29 bits per heavy atom. The Bertz CT molecular complexity index is 868. The fraction of sp³-hybridized carbons (Fsp3) is 0.0769. The van der Waals surface area contributed by atoms with Crippen LogP contribution in [-0.4, -0.2) is 21.5 Å². The van der Waals surface area contributed by atoms with Crippen molar-refractivity contribution in [1.82, 2.24) is 14.4 Å². The number of aromatic nitrogens is 3. The van der Waals surface area contributed by atoms with Gasteiger partial charge in [-0.25, -0.2) is 9.97 Å². The summed E-state index contributed by atoms with van der Waals surface area (Å²) < 4.78 is 7.11. The summed E-state index contributed by atoms with van der Waals surface area (Å²) in [5.74, 6) is 0.562. The van der Waals surface area contributed by atoms with Gasteiger partial charge >= 0.3 is 0 Å². The van der Waals surface area contributed by atoms with Crippen molar-refractivity contribution in [3.63, 3.8) is 0 Å². The molecule has 0 aliphatic carbocycles. The summed E-state index contributed by atoms with van der Waals surface area (Å²) >= 11 is 6.02. The summed E-state index contributed by atoms with van der Waals surface area (Å²) in [7, 11) is 1.54. The van der Waals surface area contributed by atoms with E-state index >= 15 is 0 Å². The van der Waals surface area contributed by atoms with Crippen molar-refractivity contribution in [3.05, 3.63) is 52.4 Å². The Balaban J connectivity index is 2.17. The van der Waals surface area contributed by atoms with Crippen LogP contribution in [0.25, 0.3) is 27.3 Å². The van der Waals surface area contributed by atoms with Crippen LogP contribution in [0.3, 0.4) is 0 Å².